The van der Waals surface area contributed by atoms with Crippen LogP contribution >= 0.6 is 23.1 Å². The summed E-state index contributed by atoms with van der Waals surface area (Å²) >= 11 is 3.00. The van der Waals surface area contributed by atoms with Crippen molar-refractivity contribution in [3.8, 4) is 0 Å². The van der Waals surface area contributed by atoms with Crippen molar-refractivity contribution < 1.29 is 4.79 Å². The van der Waals surface area contributed by atoms with Gasteiger partial charge in [0, 0.05) is 18.8 Å². The predicted molar refractivity (Wildman–Crippen MR) is 109 cm³/mol. The molecule has 1 amide bonds. The van der Waals surface area contributed by atoms with Crippen LogP contribution in [0.2, 0.25) is 0 Å². The minimum Gasteiger partial charge on any atom is -0.372 e. The third-order valence-corrected chi connectivity index (χ3v) is 5.28. The Hall–Kier alpha value is -2.26. The zero-order valence-corrected chi connectivity index (χ0v) is 16.7. The Kier molecular flexibility index (Phi) is 7.73. The second-order valence-corrected chi connectivity index (χ2v) is 7.52. The molecule has 0 aliphatic carbocycles. The van der Waals surface area contributed by atoms with Gasteiger partial charge in [-0.1, -0.05) is 36.6 Å². The van der Waals surface area contributed by atoms with Crippen LogP contribution in [0.4, 0.5) is 22.2 Å². The van der Waals surface area contributed by atoms with Gasteiger partial charge in [-0.15, -0.1) is 20.4 Å². The van der Waals surface area contributed by atoms with Crippen LogP contribution in [0.15, 0.2) is 45.4 Å². The summed E-state index contributed by atoms with van der Waals surface area (Å²) < 4.78 is 0.860. The summed E-state index contributed by atoms with van der Waals surface area (Å²) in [6, 6.07) is 5.68. The highest BCUT2D eigenvalue weighted by Gasteiger charge is 2.10. The molecule has 0 saturated carbocycles. The quantitative estimate of drug-likeness (QED) is 0.368. The zero-order valence-electron chi connectivity index (χ0n) is 15.1. The molecule has 0 fully saturated rings. The molecule has 1 heterocycles. The third-order valence-electron chi connectivity index (χ3n) is 3.46. The largest absolute Gasteiger partial charge is 0.372 e. The van der Waals surface area contributed by atoms with Crippen molar-refractivity contribution in [2.24, 2.45) is 10.2 Å². The first-order valence-electron chi connectivity index (χ1n) is 8.31. The Morgan fingerprint density at radius 2 is 2.08 bits per heavy atom. The summed E-state index contributed by atoms with van der Waals surface area (Å²) in [5.41, 5.74) is 2.14. The summed E-state index contributed by atoms with van der Waals surface area (Å²) in [4.78, 5) is 13.9. The molecule has 0 unspecified atom stereocenters. The molecule has 0 saturated heterocycles. The van der Waals surface area contributed by atoms with E-state index in [0.29, 0.717) is 16.5 Å². The van der Waals surface area contributed by atoms with Gasteiger partial charge in [-0.25, -0.2) is 0 Å². The lowest BCUT2D eigenvalue weighted by Gasteiger charge is -2.22. The number of rotatable bonds is 9. The first-order valence-corrected chi connectivity index (χ1v) is 10.1. The smallest absolute Gasteiger partial charge is 0.252 e. The summed E-state index contributed by atoms with van der Waals surface area (Å²) in [5.74, 6) is 0.631. The van der Waals surface area contributed by atoms with Gasteiger partial charge < -0.3 is 10.2 Å². The molecule has 1 aromatic heterocycles. The maximum absolute atomic E-state index is 11.8. The van der Waals surface area contributed by atoms with E-state index in [0.717, 1.165) is 28.9 Å². The Morgan fingerprint density at radius 1 is 1.31 bits per heavy atom. The Balaban J connectivity index is 2.30. The van der Waals surface area contributed by atoms with E-state index in [9.17, 15) is 4.79 Å². The highest BCUT2D eigenvalue weighted by molar-refractivity contribution is 8.01. The molecule has 0 spiro atoms. The highest BCUT2D eigenvalue weighted by atomic mass is 32.2. The van der Waals surface area contributed by atoms with Crippen molar-refractivity contribution in [2.45, 2.75) is 25.1 Å². The molecule has 26 heavy (non-hydrogen) atoms. The average molecular weight is 391 g/mol. The Bertz CT molecular complexity index is 785. The topological polar surface area (TPSA) is 82.8 Å². The number of nitrogens with one attached hydrogen (secondary N) is 1. The summed E-state index contributed by atoms with van der Waals surface area (Å²) in [7, 11) is 0. The molecular formula is C17H22N6OS2. The Morgan fingerprint density at radius 3 is 2.73 bits per heavy atom. The molecule has 0 aliphatic heterocycles. The number of carbonyl (C=O) groups excluding carboxylic acids is 1. The predicted octanol–water partition coefficient (Wildman–Crippen LogP) is 5.04. The van der Waals surface area contributed by atoms with Gasteiger partial charge in [-0.3, -0.25) is 4.79 Å². The van der Waals surface area contributed by atoms with Crippen LogP contribution in [-0.2, 0) is 4.79 Å². The van der Waals surface area contributed by atoms with E-state index in [1.807, 2.05) is 18.2 Å². The zero-order chi connectivity index (χ0) is 18.9. The van der Waals surface area contributed by atoms with Crippen LogP contribution in [0.1, 0.15) is 20.8 Å². The van der Waals surface area contributed by atoms with Crippen molar-refractivity contribution >= 4 is 51.2 Å². The van der Waals surface area contributed by atoms with Gasteiger partial charge in [0.2, 0.25) is 5.91 Å². The fourth-order valence-electron chi connectivity index (χ4n) is 2.20. The maximum atomic E-state index is 11.8. The maximum Gasteiger partial charge on any atom is 0.252 e. The van der Waals surface area contributed by atoms with E-state index >= 15 is 0 Å². The van der Waals surface area contributed by atoms with Crippen LogP contribution in [0, 0.1) is 0 Å². The van der Waals surface area contributed by atoms with Crippen LogP contribution in [-0.4, -0.2) is 34.9 Å². The number of aromatic nitrogens is 2. The number of nitrogens with zero attached hydrogens (tertiary/aromatic N) is 5. The summed E-state index contributed by atoms with van der Waals surface area (Å²) in [6.07, 6.45) is 1.23. The molecule has 138 valence electrons. The van der Waals surface area contributed by atoms with E-state index < -0.39 is 0 Å². The number of amides is 1. The van der Waals surface area contributed by atoms with Crippen molar-refractivity contribution in [1.29, 1.82) is 0 Å². The first kappa shape index (κ1) is 20.1. The molecule has 7 nitrogen and oxygen atoms in total. The Labute approximate surface area is 161 Å². The van der Waals surface area contributed by atoms with E-state index in [-0.39, 0.29) is 5.91 Å². The standard InChI is InChI=1S/C17H22N6OS2/c1-5-15(24)18-14-11-12(23(6-2)7-3)9-10-13(14)19-20-16-21-22-17(26-16)25-8-4/h5,9-11H,1,6-8H2,2-4H3,(H,18,24)/b20-19+. The van der Waals surface area contributed by atoms with Gasteiger partial charge in [-0.2, -0.15) is 0 Å². The van der Waals surface area contributed by atoms with Gasteiger partial charge in [-0.05, 0) is 43.9 Å². The number of hydrogen-bond acceptors (Lipinski definition) is 8. The molecule has 2 aromatic rings. The lowest BCUT2D eigenvalue weighted by Crippen LogP contribution is -2.21. The second-order valence-electron chi connectivity index (χ2n) is 5.05. The molecule has 9 heteroatoms. The van der Waals surface area contributed by atoms with E-state index in [1.165, 1.54) is 17.4 Å². The van der Waals surface area contributed by atoms with E-state index in [4.69, 9.17) is 0 Å². The van der Waals surface area contributed by atoms with Crippen molar-refractivity contribution in [1.82, 2.24) is 10.2 Å². The lowest BCUT2D eigenvalue weighted by atomic mass is 10.2. The fourth-order valence-corrected chi connectivity index (χ4v) is 3.76. The van der Waals surface area contributed by atoms with Crippen molar-refractivity contribution in [3.63, 3.8) is 0 Å². The molecule has 1 N–H and O–H groups in total. The van der Waals surface area contributed by atoms with Crippen LogP contribution in [0.5, 0.6) is 0 Å². The molecular weight excluding hydrogens is 368 g/mol. The molecule has 1 aromatic carbocycles. The summed E-state index contributed by atoms with van der Waals surface area (Å²) in [5, 5.41) is 19.7. The van der Waals surface area contributed by atoms with Crippen LogP contribution < -0.4 is 10.2 Å². The van der Waals surface area contributed by atoms with Crippen molar-refractivity contribution in [3.05, 3.63) is 30.9 Å². The van der Waals surface area contributed by atoms with E-state index in [1.54, 1.807) is 11.8 Å². The summed E-state index contributed by atoms with van der Waals surface area (Å²) in [6.45, 7) is 11.5. The van der Waals surface area contributed by atoms with Gasteiger partial charge in [0.05, 0.1) is 5.69 Å². The van der Waals surface area contributed by atoms with Crippen LogP contribution in [0.3, 0.4) is 0 Å². The van der Waals surface area contributed by atoms with E-state index in [2.05, 4.69) is 58.0 Å². The molecule has 0 radical (unpaired) electrons. The fraction of sp³-hybridized carbons (Fsp3) is 0.353. The van der Waals surface area contributed by atoms with Gasteiger partial charge >= 0.3 is 0 Å². The average Bonchev–Trinajstić information content (AvgIpc) is 3.10. The number of benzene rings is 1. The second kappa shape index (κ2) is 10.0. The molecule has 2 rings (SSSR count). The number of anilines is 2. The van der Waals surface area contributed by atoms with Crippen LogP contribution in [0.25, 0.3) is 0 Å². The molecule has 0 atom stereocenters. The van der Waals surface area contributed by atoms with Crippen molar-refractivity contribution in [2.75, 3.05) is 29.1 Å². The highest BCUT2D eigenvalue weighted by Crippen LogP contribution is 2.33. The molecule has 0 aliphatic rings. The normalized spacial score (nSPS) is 10.9. The number of carbonyl (C=O) groups is 1. The third kappa shape index (κ3) is 5.37. The minimum absolute atomic E-state index is 0.296. The first-order chi connectivity index (χ1) is 12.6. The monoisotopic (exact) mass is 390 g/mol. The SMILES string of the molecule is C=CC(=O)Nc1cc(N(CC)CC)ccc1/N=N/c1nnc(SCC)s1. The van der Waals surface area contributed by atoms with Gasteiger partial charge in [0.1, 0.15) is 5.69 Å². The van der Waals surface area contributed by atoms with Gasteiger partial charge in [0.15, 0.2) is 4.34 Å². The number of azo groups is 1. The number of thioether (sulfide) groups is 1. The number of hydrogen-bond donors (Lipinski definition) is 1. The lowest BCUT2D eigenvalue weighted by molar-refractivity contribution is -0.111. The van der Waals surface area contributed by atoms with Gasteiger partial charge in [0.25, 0.3) is 5.13 Å². The minimum atomic E-state index is -0.296. The molecule has 0 bridgehead atoms.